The van der Waals surface area contributed by atoms with Crippen molar-refractivity contribution in [3.63, 3.8) is 0 Å². The third-order valence-corrected chi connectivity index (χ3v) is 3.85. The molecule has 2 spiro atoms. The summed E-state index contributed by atoms with van der Waals surface area (Å²) in [7, 11) is 1.57. The maximum atomic E-state index is 11.4. The predicted molar refractivity (Wildman–Crippen MR) is 57.0 cm³/mol. The molecule has 0 aromatic carbocycles. The Morgan fingerprint density at radius 3 is 2.41 bits per heavy atom. The Bertz CT molecular complexity index is 357. The van der Waals surface area contributed by atoms with Crippen molar-refractivity contribution in [2.45, 2.75) is 37.1 Å². The van der Waals surface area contributed by atoms with Gasteiger partial charge >= 0.3 is 5.97 Å². The van der Waals surface area contributed by atoms with E-state index in [1.54, 1.807) is 7.11 Å². The topological polar surface area (TPSA) is 54.0 Å². The number of carbonyl (C=O) groups excluding carboxylic acids is 1. The van der Waals surface area contributed by atoms with E-state index in [0.717, 1.165) is 12.8 Å². The van der Waals surface area contributed by atoms with Crippen LogP contribution in [-0.2, 0) is 23.7 Å². The summed E-state index contributed by atoms with van der Waals surface area (Å²) in [4.78, 5) is 11.4. The molecule has 0 unspecified atom stereocenters. The molecule has 0 aromatic rings. The number of ether oxygens (including phenoxy) is 4. The SMILES string of the molecule is COC1=CC(=O)OC12CCC1(CC2)OCCO1. The average molecular weight is 240 g/mol. The molecule has 1 saturated carbocycles. The minimum absolute atomic E-state index is 0.314. The molecule has 5 nitrogen and oxygen atoms in total. The molecule has 0 amide bonds. The fraction of sp³-hybridized carbons (Fsp3) is 0.750. The van der Waals surface area contributed by atoms with Crippen LogP contribution in [0.3, 0.4) is 0 Å². The summed E-state index contributed by atoms with van der Waals surface area (Å²) < 4.78 is 22.0. The molecule has 0 N–H and O–H groups in total. The number of hydrogen-bond acceptors (Lipinski definition) is 5. The molecule has 3 aliphatic rings. The smallest absolute Gasteiger partial charge is 0.335 e. The normalized spacial score (nSPS) is 29.5. The van der Waals surface area contributed by atoms with Crippen LogP contribution in [0, 0.1) is 0 Å². The maximum Gasteiger partial charge on any atom is 0.335 e. The van der Waals surface area contributed by atoms with Gasteiger partial charge in [-0.05, 0) is 12.8 Å². The van der Waals surface area contributed by atoms with Gasteiger partial charge in [0.15, 0.2) is 11.4 Å². The van der Waals surface area contributed by atoms with Crippen LogP contribution in [-0.4, -0.2) is 37.7 Å². The molecule has 2 aliphatic heterocycles. The Kier molecular flexibility index (Phi) is 2.41. The van der Waals surface area contributed by atoms with Gasteiger partial charge in [0.2, 0.25) is 0 Å². The van der Waals surface area contributed by atoms with E-state index >= 15 is 0 Å². The van der Waals surface area contributed by atoms with E-state index in [0.29, 0.717) is 31.8 Å². The molecule has 0 radical (unpaired) electrons. The van der Waals surface area contributed by atoms with Gasteiger partial charge in [0.25, 0.3) is 0 Å². The van der Waals surface area contributed by atoms with Crippen molar-refractivity contribution in [3.8, 4) is 0 Å². The average Bonchev–Trinajstić information content (AvgIpc) is 2.89. The zero-order valence-corrected chi connectivity index (χ0v) is 9.86. The lowest BCUT2D eigenvalue weighted by molar-refractivity contribution is -0.205. The second-order valence-electron chi connectivity index (χ2n) is 4.74. The number of carbonyl (C=O) groups is 1. The van der Waals surface area contributed by atoms with Crippen molar-refractivity contribution < 1.29 is 23.7 Å². The maximum absolute atomic E-state index is 11.4. The molecule has 5 heteroatoms. The molecule has 1 aliphatic carbocycles. The lowest BCUT2D eigenvalue weighted by Gasteiger charge is -2.40. The van der Waals surface area contributed by atoms with E-state index in [1.165, 1.54) is 6.08 Å². The van der Waals surface area contributed by atoms with Crippen LogP contribution in [0.25, 0.3) is 0 Å². The monoisotopic (exact) mass is 240 g/mol. The van der Waals surface area contributed by atoms with Crippen LogP contribution in [0.1, 0.15) is 25.7 Å². The highest BCUT2D eigenvalue weighted by atomic mass is 16.7. The summed E-state index contributed by atoms with van der Waals surface area (Å²) in [6, 6.07) is 0. The van der Waals surface area contributed by atoms with Gasteiger partial charge in [0.1, 0.15) is 5.76 Å². The van der Waals surface area contributed by atoms with Crippen LogP contribution >= 0.6 is 0 Å². The molecule has 2 heterocycles. The second kappa shape index (κ2) is 3.71. The third-order valence-electron chi connectivity index (χ3n) is 3.85. The van der Waals surface area contributed by atoms with Crippen LogP contribution in [0.4, 0.5) is 0 Å². The fourth-order valence-electron chi connectivity index (χ4n) is 2.92. The minimum Gasteiger partial charge on any atom is -0.497 e. The minimum atomic E-state index is -0.577. The first-order chi connectivity index (χ1) is 8.18. The largest absolute Gasteiger partial charge is 0.497 e. The van der Waals surface area contributed by atoms with Crippen LogP contribution in [0.2, 0.25) is 0 Å². The molecule has 94 valence electrons. The third kappa shape index (κ3) is 1.65. The van der Waals surface area contributed by atoms with Crippen molar-refractivity contribution in [1.82, 2.24) is 0 Å². The summed E-state index contributed by atoms with van der Waals surface area (Å²) >= 11 is 0. The molecule has 0 aromatic heterocycles. The predicted octanol–water partition coefficient (Wildman–Crippen LogP) is 1.13. The van der Waals surface area contributed by atoms with Crippen molar-refractivity contribution in [2.75, 3.05) is 20.3 Å². The summed E-state index contributed by atoms with van der Waals surface area (Å²) in [5, 5.41) is 0. The van der Waals surface area contributed by atoms with Crippen molar-refractivity contribution in [1.29, 1.82) is 0 Å². The van der Waals surface area contributed by atoms with Crippen molar-refractivity contribution in [2.24, 2.45) is 0 Å². The summed E-state index contributed by atoms with van der Waals surface area (Å²) in [6.45, 7) is 1.31. The quantitative estimate of drug-likeness (QED) is 0.643. The first-order valence-corrected chi connectivity index (χ1v) is 5.95. The number of esters is 1. The zero-order chi connectivity index (χ0) is 11.9. The fourth-order valence-corrected chi connectivity index (χ4v) is 2.92. The molecule has 1 saturated heterocycles. The zero-order valence-electron chi connectivity index (χ0n) is 9.86. The van der Waals surface area contributed by atoms with Crippen LogP contribution < -0.4 is 0 Å². The second-order valence-corrected chi connectivity index (χ2v) is 4.74. The number of hydrogen-bond donors (Lipinski definition) is 0. The van der Waals surface area contributed by atoms with Gasteiger partial charge in [0.05, 0.1) is 26.4 Å². The molecular formula is C12H16O5. The molecule has 2 fully saturated rings. The van der Waals surface area contributed by atoms with E-state index in [4.69, 9.17) is 18.9 Å². The first kappa shape index (κ1) is 11.0. The van der Waals surface area contributed by atoms with Crippen LogP contribution in [0.15, 0.2) is 11.8 Å². The van der Waals surface area contributed by atoms with E-state index in [2.05, 4.69) is 0 Å². The highest BCUT2D eigenvalue weighted by Gasteiger charge is 2.53. The Hall–Kier alpha value is -1.07. The Morgan fingerprint density at radius 2 is 1.82 bits per heavy atom. The first-order valence-electron chi connectivity index (χ1n) is 5.95. The molecule has 0 bridgehead atoms. The Morgan fingerprint density at radius 1 is 1.18 bits per heavy atom. The van der Waals surface area contributed by atoms with E-state index in [9.17, 15) is 4.79 Å². The molecule has 17 heavy (non-hydrogen) atoms. The van der Waals surface area contributed by atoms with Gasteiger partial charge in [-0.2, -0.15) is 0 Å². The van der Waals surface area contributed by atoms with Crippen molar-refractivity contribution in [3.05, 3.63) is 11.8 Å². The molecule has 0 atom stereocenters. The van der Waals surface area contributed by atoms with Gasteiger partial charge in [0, 0.05) is 12.8 Å². The lowest BCUT2D eigenvalue weighted by atomic mass is 9.80. The van der Waals surface area contributed by atoms with Gasteiger partial charge in [-0.3, -0.25) is 0 Å². The number of rotatable bonds is 1. The standard InChI is InChI=1S/C12H16O5/c1-14-9-8-10(13)17-11(9)2-4-12(5-3-11)15-6-7-16-12/h8H,2-7H2,1H3. The highest BCUT2D eigenvalue weighted by molar-refractivity contribution is 5.86. The van der Waals surface area contributed by atoms with Crippen molar-refractivity contribution >= 4 is 5.97 Å². The van der Waals surface area contributed by atoms with Crippen LogP contribution in [0.5, 0.6) is 0 Å². The highest BCUT2D eigenvalue weighted by Crippen LogP contribution is 2.47. The van der Waals surface area contributed by atoms with E-state index < -0.39 is 11.4 Å². The Balaban J connectivity index is 1.76. The summed E-state index contributed by atoms with van der Waals surface area (Å²) in [6.07, 6.45) is 4.30. The molecule has 3 rings (SSSR count). The van der Waals surface area contributed by atoms with Gasteiger partial charge in [-0.15, -0.1) is 0 Å². The Labute approximate surface area is 99.7 Å². The van der Waals surface area contributed by atoms with E-state index in [1.807, 2.05) is 0 Å². The molecular weight excluding hydrogens is 224 g/mol. The van der Waals surface area contributed by atoms with Gasteiger partial charge in [-0.25, -0.2) is 4.79 Å². The lowest BCUT2D eigenvalue weighted by Crippen LogP contribution is -2.45. The van der Waals surface area contributed by atoms with Gasteiger partial charge in [-0.1, -0.05) is 0 Å². The summed E-state index contributed by atoms with van der Waals surface area (Å²) in [5.41, 5.74) is -0.577. The summed E-state index contributed by atoms with van der Waals surface area (Å²) in [5.74, 6) is -0.125. The van der Waals surface area contributed by atoms with Gasteiger partial charge < -0.3 is 18.9 Å². The number of methoxy groups -OCH3 is 1. The van der Waals surface area contributed by atoms with E-state index in [-0.39, 0.29) is 5.97 Å².